The first kappa shape index (κ1) is 17.9. The van der Waals surface area contributed by atoms with Gasteiger partial charge in [-0.2, -0.15) is 0 Å². The van der Waals surface area contributed by atoms with Gasteiger partial charge in [-0.25, -0.2) is 8.42 Å². The average molecular weight is 373 g/mol. The lowest BCUT2D eigenvalue weighted by molar-refractivity contribution is 0.601. The molecule has 0 atom stereocenters. The fourth-order valence-corrected chi connectivity index (χ4v) is 4.01. The van der Waals surface area contributed by atoms with E-state index in [1.54, 1.807) is 12.1 Å². The number of halogens is 2. The summed E-state index contributed by atoms with van der Waals surface area (Å²) in [5.74, 6) is 0. The molecular weight excluding hydrogens is 355 g/mol. The van der Waals surface area contributed by atoms with Gasteiger partial charge < -0.3 is 4.90 Å². The van der Waals surface area contributed by atoms with E-state index in [4.69, 9.17) is 23.2 Å². The number of hydrogen-bond acceptors (Lipinski definition) is 3. The molecule has 2 aromatic carbocycles. The molecule has 0 heterocycles. The van der Waals surface area contributed by atoms with E-state index in [2.05, 4.69) is 23.5 Å². The SMILES string of the molecule is CCN(CC)c1ccc(NS(=O)(=O)c2cc(Cl)cc(Cl)c2)cc1. The van der Waals surface area contributed by atoms with Gasteiger partial charge in [-0.05, 0) is 56.3 Å². The molecule has 4 nitrogen and oxygen atoms in total. The Morgan fingerprint density at radius 3 is 1.96 bits per heavy atom. The van der Waals surface area contributed by atoms with Crippen LogP contribution < -0.4 is 9.62 Å². The smallest absolute Gasteiger partial charge is 0.261 e. The first-order chi connectivity index (χ1) is 10.9. The van der Waals surface area contributed by atoms with Crippen molar-refractivity contribution in [1.29, 1.82) is 0 Å². The molecule has 0 aliphatic heterocycles. The Bertz CT molecular complexity index is 753. The van der Waals surface area contributed by atoms with Gasteiger partial charge in [0.1, 0.15) is 0 Å². The van der Waals surface area contributed by atoms with E-state index in [9.17, 15) is 8.42 Å². The van der Waals surface area contributed by atoms with E-state index in [-0.39, 0.29) is 14.9 Å². The summed E-state index contributed by atoms with van der Waals surface area (Å²) < 4.78 is 27.3. The maximum atomic E-state index is 12.4. The van der Waals surface area contributed by atoms with Gasteiger partial charge in [0.2, 0.25) is 0 Å². The largest absolute Gasteiger partial charge is 0.372 e. The third-order valence-corrected chi connectivity index (χ3v) is 5.19. The minimum atomic E-state index is -3.74. The van der Waals surface area contributed by atoms with Gasteiger partial charge in [0.25, 0.3) is 10.0 Å². The maximum Gasteiger partial charge on any atom is 0.261 e. The summed E-state index contributed by atoms with van der Waals surface area (Å²) >= 11 is 11.7. The lowest BCUT2D eigenvalue weighted by Gasteiger charge is -2.21. The van der Waals surface area contributed by atoms with Gasteiger partial charge >= 0.3 is 0 Å². The highest BCUT2D eigenvalue weighted by atomic mass is 35.5. The monoisotopic (exact) mass is 372 g/mol. The second kappa shape index (κ2) is 7.43. The molecule has 0 aromatic heterocycles. The molecule has 2 rings (SSSR count). The van der Waals surface area contributed by atoms with E-state index >= 15 is 0 Å². The first-order valence-electron chi connectivity index (χ1n) is 7.19. The molecule has 124 valence electrons. The molecule has 1 N–H and O–H groups in total. The number of hydrogen-bond donors (Lipinski definition) is 1. The van der Waals surface area contributed by atoms with Crippen molar-refractivity contribution in [2.75, 3.05) is 22.7 Å². The Balaban J connectivity index is 2.23. The zero-order valence-electron chi connectivity index (χ0n) is 12.9. The van der Waals surface area contributed by atoms with Gasteiger partial charge in [0.05, 0.1) is 4.90 Å². The Hall–Kier alpha value is -1.43. The van der Waals surface area contributed by atoms with E-state index in [1.807, 2.05) is 12.1 Å². The van der Waals surface area contributed by atoms with Crippen molar-refractivity contribution in [2.24, 2.45) is 0 Å². The molecule has 0 fully saturated rings. The predicted molar refractivity (Wildman–Crippen MR) is 97.3 cm³/mol. The minimum Gasteiger partial charge on any atom is -0.372 e. The molecule has 0 saturated heterocycles. The van der Waals surface area contributed by atoms with Crippen molar-refractivity contribution in [1.82, 2.24) is 0 Å². The maximum absolute atomic E-state index is 12.4. The van der Waals surface area contributed by atoms with Crippen LogP contribution in [0.4, 0.5) is 11.4 Å². The van der Waals surface area contributed by atoms with E-state index in [0.717, 1.165) is 18.8 Å². The zero-order chi connectivity index (χ0) is 17.0. The van der Waals surface area contributed by atoms with Crippen molar-refractivity contribution in [3.8, 4) is 0 Å². The lowest BCUT2D eigenvalue weighted by atomic mass is 10.2. The predicted octanol–water partition coefficient (Wildman–Crippen LogP) is 4.64. The summed E-state index contributed by atoms with van der Waals surface area (Å²) in [7, 11) is -3.74. The van der Waals surface area contributed by atoms with Gasteiger partial charge in [0, 0.05) is 34.5 Å². The van der Waals surface area contributed by atoms with Gasteiger partial charge in [-0.1, -0.05) is 23.2 Å². The Kier molecular flexibility index (Phi) is 5.79. The molecule has 0 amide bonds. The molecule has 2 aromatic rings. The standard InChI is InChI=1S/C16H18Cl2N2O2S/c1-3-20(4-2)15-7-5-14(6-8-15)19-23(21,22)16-10-12(17)9-13(18)11-16/h5-11,19H,3-4H2,1-2H3. The van der Waals surface area contributed by atoms with Crippen molar-refractivity contribution in [2.45, 2.75) is 18.7 Å². The fourth-order valence-electron chi connectivity index (χ4n) is 2.23. The van der Waals surface area contributed by atoms with E-state index < -0.39 is 10.0 Å². The van der Waals surface area contributed by atoms with Crippen LogP contribution >= 0.6 is 23.2 Å². The van der Waals surface area contributed by atoms with Crippen molar-refractivity contribution in [3.05, 3.63) is 52.5 Å². The molecule has 23 heavy (non-hydrogen) atoms. The van der Waals surface area contributed by atoms with E-state index in [1.165, 1.54) is 18.2 Å². The molecule has 0 aliphatic rings. The molecule has 7 heteroatoms. The minimum absolute atomic E-state index is 0.0304. The third kappa shape index (κ3) is 4.53. The molecule has 0 bridgehead atoms. The summed E-state index contributed by atoms with van der Waals surface area (Å²) in [6.07, 6.45) is 0. The zero-order valence-corrected chi connectivity index (χ0v) is 15.2. The summed E-state index contributed by atoms with van der Waals surface area (Å²) in [5.41, 5.74) is 1.53. The van der Waals surface area contributed by atoms with Crippen LogP contribution in [0.2, 0.25) is 10.0 Å². The second-order valence-corrected chi connectivity index (χ2v) is 7.49. The Morgan fingerprint density at radius 2 is 1.48 bits per heavy atom. The average Bonchev–Trinajstić information content (AvgIpc) is 2.49. The topological polar surface area (TPSA) is 49.4 Å². The van der Waals surface area contributed by atoms with Gasteiger partial charge in [-0.15, -0.1) is 0 Å². The number of anilines is 2. The summed E-state index contributed by atoms with van der Waals surface area (Å²) in [6, 6.07) is 11.4. The molecular formula is C16H18Cl2N2O2S. The van der Waals surface area contributed by atoms with Crippen molar-refractivity contribution < 1.29 is 8.42 Å². The third-order valence-electron chi connectivity index (χ3n) is 3.39. The van der Waals surface area contributed by atoms with Crippen LogP contribution in [0.3, 0.4) is 0 Å². The molecule has 0 unspecified atom stereocenters. The van der Waals surface area contributed by atoms with Crippen LogP contribution in [0.1, 0.15) is 13.8 Å². The highest BCUT2D eigenvalue weighted by Crippen LogP contribution is 2.25. The summed E-state index contributed by atoms with van der Waals surface area (Å²) in [4.78, 5) is 2.21. The molecule has 0 aliphatic carbocycles. The number of benzene rings is 2. The Labute approximate surface area is 147 Å². The quantitative estimate of drug-likeness (QED) is 0.803. The van der Waals surface area contributed by atoms with Crippen molar-refractivity contribution >= 4 is 44.6 Å². The van der Waals surface area contributed by atoms with Crippen LogP contribution in [0.5, 0.6) is 0 Å². The molecule has 0 saturated carbocycles. The first-order valence-corrected chi connectivity index (χ1v) is 9.43. The number of nitrogens with zero attached hydrogens (tertiary/aromatic N) is 1. The summed E-state index contributed by atoms with van der Waals surface area (Å²) in [6.45, 7) is 5.93. The summed E-state index contributed by atoms with van der Waals surface area (Å²) in [5, 5.41) is 0.546. The number of nitrogens with one attached hydrogen (secondary N) is 1. The normalized spacial score (nSPS) is 11.3. The van der Waals surface area contributed by atoms with Gasteiger partial charge in [0.15, 0.2) is 0 Å². The Morgan fingerprint density at radius 1 is 0.957 bits per heavy atom. The van der Waals surface area contributed by atoms with Crippen molar-refractivity contribution in [3.63, 3.8) is 0 Å². The van der Waals surface area contributed by atoms with Crippen LogP contribution in [-0.2, 0) is 10.0 Å². The number of rotatable bonds is 6. The van der Waals surface area contributed by atoms with Crippen LogP contribution in [-0.4, -0.2) is 21.5 Å². The lowest BCUT2D eigenvalue weighted by Crippen LogP contribution is -2.21. The molecule has 0 radical (unpaired) electrons. The second-order valence-electron chi connectivity index (χ2n) is 4.93. The number of sulfonamides is 1. The fraction of sp³-hybridized carbons (Fsp3) is 0.250. The highest BCUT2D eigenvalue weighted by molar-refractivity contribution is 7.92. The highest BCUT2D eigenvalue weighted by Gasteiger charge is 2.16. The van der Waals surface area contributed by atoms with Crippen LogP contribution in [0, 0.1) is 0 Å². The molecule has 0 spiro atoms. The van der Waals surface area contributed by atoms with Gasteiger partial charge in [-0.3, -0.25) is 4.72 Å². The van der Waals surface area contributed by atoms with Crippen LogP contribution in [0.15, 0.2) is 47.4 Å². The van der Waals surface area contributed by atoms with E-state index in [0.29, 0.717) is 5.69 Å². The van der Waals surface area contributed by atoms with Crippen LogP contribution in [0.25, 0.3) is 0 Å².